The number of primary amides is 1. The lowest BCUT2D eigenvalue weighted by molar-refractivity contribution is -0.137. The topological polar surface area (TPSA) is 91.1 Å². The molecule has 2 amide bonds. The molecule has 0 saturated carbocycles. The molecule has 2 atom stereocenters. The van der Waals surface area contributed by atoms with E-state index >= 15 is 0 Å². The SMILES string of the molecule is COc1cc(CCC(=O)N2CC(C(N)=O)CCC2C)cc(OC)c1OC. The quantitative estimate of drug-likeness (QED) is 0.796. The molecule has 1 aromatic rings. The normalized spacial score (nSPS) is 19.8. The molecular weight excluding hydrogens is 336 g/mol. The van der Waals surface area contributed by atoms with Gasteiger partial charge in [0.1, 0.15) is 0 Å². The Kier molecular flexibility index (Phi) is 6.71. The summed E-state index contributed by atoms with van der Waals surface area (Å²) in [5, 5.41) is 0. The highest BCUT2D eigenvalue weighted by molar-refractivity contribution is 5.80. The van der Waals surface area contributed by atoms with Crippen LogP contribution in [0.4, 0.5) is 0 Å². The molecule has 1 fully saturated rings. The highest BCUT2D eigenvalue weighted by atomic mass is 16.5. The minimum atomic E-state index is -0.334. The predicted octanol–water partition coefficient (Wildman–Crippen LogP) is 1.76. The number of hydrogen-bond acceptors (Lipinski definition) is 5. The Balaban J connectivity index is 2.07. The third-order valence-corrected chi connectivity index (χ3v) is 4.96. The number of ether oxygens (including phenoxy) is 3. The molecule has 0 spiro atoms. The van der Waals surface area contributed by atoms with Gasteiger partial charge in [-0.1, -0.05) is 0 Å². The molecule has 0 aromatic heterocycles. The summed E-state index contributed by atoms with van der Waals surface area (Å²) < 4.78 is 16.0. The van der Waals surface area contributed by atoms with Crippen molar-refractivity contribution in [1.82, 2.24) is 4.90 Å². The molecule has 2 N–H and O–H groups in total. The maximum atomic E-state index is 12.7. The van der Waals surface area contributed by atoms with E-state index in [-0.39, 0.29) is 23.8 Å². The second-order valence-corrected chi connectivity index (χ2v) is 6.61. The van der Waals surface area contributed by atoms with Crippen molar-refractivity contribution in [2.45, 2.75) is 38.6 Å². The first-order valence-corrected chi connectivity index (χ1v) is 8.78. The van der Waals surface area contributed by atoms with Crippen LogP contribution >= 0.6 is 0 Å². The van der Waals surface area contributed by atoms with Crippen LogP contribution in [0, 0.1) is 5.92 Å². The van der Waals surface area contributed by atoms with Crippen molar-refractivity contribution in [3.05, 3.63) is 17.7 Å². The minimum absolute atomic E-state index is 0.0252. The predicted molar refractivity (Wildman–Crippen MR) is 97.5 cm³/mol. The average Bonchev–Trinajstić information content (AvgIpc) is 2.65. The minimum Gasteiger partial charge on any atom is -0.493 e. The number of benzene rings is 1. The number of nitrogens with zero attached hydrogens (tertiary/aromatic N) is 1. The van der Waals surface area contributed by atoms with Gasteiger partial charge >= 0.3 is 0 Å². The maximum absolute atomic E-state index is 12.7. The number of nitrogens with two attached hydrogens (primary N) is 1. The highest BCUT2D eigenvalue weighted by Gasteiger charge is 2.31. The van der Waals surface area contributed by atoms with Gasteiger partial charge in [0.25, 0.3) is 0 Å². The van der Waals surface area contributed by atoms with Gasteiger partial charge in [0.05, 0.1) is 27.2 Å². The van der Waals surface area contributed by atoms with E-state index in [9.17, 15) is 9.59 Å². The van der Waals surface area contributed by atoms with E-state index in [4.69, 9.17) is 19.9 Å². The van der Waals surface area contributed by atoms with E-state index in [0.29, 0.717) is 36.6 Å². The van der Waals surface area contributed by atoms with E-state index in [0.717, 1.165) is 18.4 Å². The summed E-state index contributed by atoms with van der Waals surface area (Å²) in [6.45, 7) is 2.42. The molecule has 0 radical (unpaired) electrons. The summed E-state index contributed by atoms with van der Waals surface area (Å²) in [5.74, 6) is 1.09. The summed E-state index contributed by atoms with van der Waals surface area (Å²) in [6.07, 6.45) is 2.42. The molecule has 7 nitrogen and oxygen atoms in total. The zero-order valence-electron chi connectivity index (χ0n) is 15.9. The number of methoxy groups -OCH3 is 3. The molecule has 2 unspecified atom stereocenters. The molecule has 1 aromatic carbocycles. The summed E-state index contributed by atoms with van der Waals surface area (Å²) in [5.41, 5.74) is 6.34. The van der Waals surface area contributed by atoms with Crippen LogP contribution in [0.5, 0.6) is 17.2 Å². The number of amides is 2. The lowest BCUT2D eigenvalue weighted by Crippen LogP contribution is -2.48. The Hall–Kier alpha value is -2.44. The van der Waals surface area contributed by atoms with Crippen LogP contribution in [0.3, 0.4) is 0 Å². The molecule has 1 saturated heterocycles. The molecule has 0 aliphatic carbocycles. The van der Waals surface area contributed by atoms with Crippen LogP contribution < -0.4 is 19.9 Å². The lowest BCUT2D eigenvalue weighted by Gasteiger charge is -2.37. The van der Waals surface area contributed by atoms with Crippen LogP contribution in [0.25, 0.3) is 0 Å². The summed E-state index contributed by atoms with van der Waals surface area (Å²) in [6, 6.07) is 3.82. The number of carbonyl (C=O) groups excluding carboxylic acids is 2. The Bertz CT molecular complexity index is 636. The van der Waals surface area contributed by atoms with Gasteiger partial charge in [-0.25, -0.2) is 0 Å². The van der Waals surface area contributed by atoms with Crippen molar-refractivity contribution >= 4 is 11.8 Å². The van der Waals surface area contributed by atoms with Crippen molar-refractivity contribution in [1.29, 1.82) is 0 Å². The van der Waals surface area contributed by atoms with Crippen molar-refractivity contribution in [3.63, 3.8) is 0 Å². The highest BCUT2D eigenvalue weighted by Crippen LogP contribution is 2.38. The number of carbonyl (C=O) groups is 2. The number of piperidine rings is 1. The first-order valence-electron chi connectivity index (χ1n) is 8.78. The number of hydrogen-bond donors (Lipinski definition) is 1. The third-order valence-electron chi connectivity index (χ3n) is 4.96. The molecule has 7 heteroatoms. The third kappa shape index (κ3) is 4.39. The van der Waals surface area contributed by atoms with Gasteiger partial charge in [-0.15, -0.1) is 0 Å². The van der Waals surface area contributed by atoms with E-state index in [1.165, 1.54) is 0 Å². The number of aryl methyl sites for hydroxylation is 1. The zero-order chi connectivity index (χ0) is 19.3. The van der Waals surface area contributed by atoms with Gasteiger partial charge in [0, 0.05) is 19.0 Å². The average molecular weight is 364 g/mol. The van der Waals surface area contributed by atoms with Gasteiger partial charge in [0.15, 0.2) is 11.5 Å². The molecule has 26 heavy (non-hydrogen) atoms. The Labute approximate surface area is 154 Å². The van der Waals surface area contributed by atoms with Gasteiger partial charge in [-0.2, -0.15) is 0 Å². The Morgan fingerprint density at radius 1 is 1.12 bits per heavy atom. The fourth-order valence-corrected chi connectivity index (χ4v) is 3.36. The molecule has 0 bridgehead atoms. The maximum Gasteiger partial charge on any atom is 0.223 e. The van der Waals surface area contributed by atoms with Crippen molar-refractivity contribution < 1.29 is 23.8 Å². The van der Waals surface area contributed by atoms with Crippen LogP contribution in [0.15, 0.2) is 12.1 Å². The monoisotopic (exact) mass is 364 g/mol. The summed E-state index contributed by atoms with van der Waals surface area (Å²) >= 11 is 0. The van der Waals surface area contributed by atoms with Crippen molar-refractivity contribution in [2.75, 3.05) is 27.9 Å². The van der Waals surface area contributed by atoms with E-state index in [1.807, 2.05) is 19.1 Å². The van der Waals surface area contributed by atoms with Crippen LogP contribution in [-0.4, -0.2) is 50.6 Å². The van der Waals surface area contributed by atoms with Crippen LogP contribution in [0.2, 0.25) is 0 Å². The van der Waals surface area contributed by atoms with E-state index in [1.54, 1.807) is 26.2 Å². The van der Waals surface area contributed by atoms with E-state index in [2.05, 4.69) is 0 Å². The van der Waals surface area contributed by atoms with Gasteiger partial charge in [-0.05, 0) is 43.9 Å². The first kappa shape index (κ1) is 19.9. The van der Waals surface area contributed by atoms with Crippen molar-refractivity contribution in [3.8, 4) is 17.2 Å². The molecule has 144 valence electrons. The van der Waals surface area contributed by atoms with Gasteiger partial charge < -0.3 is 24.8 Å². The van der Waals surface area contributed by atoms with Crippen LogP contribution in [0.1, 0.15) is 31.7 Å². The van der Waals surface area contributed by atoms with Gasteiger partial charge in [0.2, 0.25) is 17.6 Å². The second-order valence-electron chi connectivity index (χ2n) is 6.61. The zero-order valence-corrected chi connectivity index (χ0v) is 15.9. The standard InChI is InChI=1S/C19H28N2O5/c1-12-5-7-14(19(20)23)11-21(12)17(22)8-6-13-9-15(24-2)18(26-4)16(10-13)25-3/h9-10,12,14H,5-8,11H2,1-4H3,(H2,20,23). The first-order chi connectivity index (χ1) is 12.4. The summed E-state index contributed by atoms with van der Waals surface area (Å²) in [4.78, 5) is 25.9. The molecular formula is C19H28N2O5. The lowest BCUT2D eigenvalue weighted by atomic mass is 9.92. The molecule has 2 rings (SSSR count). The largest absolute Gasteiger partial charge is 0.493 e. The molecule has 1 heterocycles. The fraction of sp³-hybridized carbons (Fsp3) is 0.579. The van der Waals surface area contributed by atoms with Crippen LogP contribution in [-0.2, 0) is 16.0 Å². The number of likely N-dealkylation sites (tertiary alicyclic amines) is 1. The Morgan fingerprint density at radius 3 is 2.23 bits per heavy atom. The fourth-order valence-electron chi connectivity index (χ4n) is 3.36. The van der Waals surface area contributed by atoms with E-state index < -0.39 is 0 Å². The Morgan fingerprint density at radius 2 is 1.73 bits per heavy atom. The number of rotatable bonds is 7. The molecule has 1 aliphatic heterocycles. The molecule has 1 aliphatic rings. The smallest absolute Gasteiger partial charge is 0.223 e. The summed E-state index contributed by atoms with van der Waals surface area (Å²) in [7, 11) is 4.67. The van der Waals surface area contributed by atoms with Gasteiger partial charge in [-0.3, -0.25) is 9.59 Å². The van der Waals surface area contributed by atoms with Crippen molar-refractivity contribution in [2.24, 2.45) is 11.7 Å². The second kappa shape index (κ2) is 8.78.